The number of carbonyl (C=O) groups excluding carboxylic acids is 7. The van der Waals surface area contributed by atoms with Gasteiger partial charge in [0.05, 0.1) is 6.04 Å². The Morgan fingerprint density at radius 3 is 1.59 bits per heavy atom. The van der Waals surface area contributed by atoms with E-state index < -0.39 is 48.1 Å². The van der Waals surface area contributed by atoms with Crippen LogP contribution in [0.3, 0.4) is 0 Å². The lowest BCUT2D eigenvalue weighted by atomic mass is 9.92. The third-order valence-corrected chi connectivity index (χ3v) is 12.5. The highest BCUT2D eigenvalue weighted by Gasteiger charge is 2.47. The minimum absolute atomic E-state index is 0.0228. The number of hydrogen-bond donors (Lipinski definition) is 0. The molecule has 7 atom stereocenters. The largest absolute Gasteiger partial charge is 0.332 e. The molecule has 0 unspecified atom stereocenters. The molecule has 0 aliphatic carbocycles. The Bertz CT molecular complexity index is 1580. The van der Waals surface area contributed by atoms with E-state index in [2.05, 4.69) is 5.92 Å². The van der Waals surface area contributed by atoms with Crippen molar-refractivity contribution in [2.24, 2.45) is 23.7 Å². The van der Waals surface area contributed by atoms with Crippen LogP contribution >= 0.6 is 0 Å². The minimum Gasteiger partial charge on any atom is -0.332 e. The van der Waals surface area contributed by atoms with Crippen LogP contribution in [-0.2, 0) is 33.6 Å². The zero-order chi connectivity index (χ0) is 45.0. The highest BCUT2D eigenvalue weighted by molar-refractivity contribution is 5.99. The molecule has 2 rings (SSSR count). The van der Waals surface area contributed by atoms with Crippen LogP contribution in [0.15, 0.2) is 11.6 Å². The molecule has 2 saturated heterocycles. The van der Waals surface area contributed by atoms with Gasteiger partial charge in [-0.05, 0) is 69.1 Å². The predicted molar refractivity (Wildman–Crippen MR) is 231 cm³/mol. The second-order valence-electron chi connectivity index (χ2n) is 17.8. The molecule has 2 aliphatic rings. The van der Waals surface area contributed by atoms with Crippen LogP contribution in [0.1, 0.15) is 127 Å². The molecule has 0 aromatic heterocycles. The van der Waals surface area contributed by atoms with Crippen LogP contribution in [0.4, 0.5) is 0 Å². The summed E-state index contributed by atoms with van der Waals surface area (Å²) in [6, 6.07) is -4.89. The van der Waals surface area contributed by atoms with E-state index in [0.29, 0.717) is 63.6 Å². The first-order chi connectivity index (χ1) is 27.6. The van der Waals surface area contributed by atoms with E-state index in [1.165, 1.54) is 19.6 Å². The summed E-state index contributed by atoms with van der Waals surface area (Å²) in [7, 11) is 6.34. The van der Waals surface area contributed by atoms with Gasteiger partial charge >= 0.3 is 0 Å². The van der Waals surface area contributed by atoms with Crippen molar-refractivity contribution in [2.45, 2.75) is 163 Å². The van der Waals surface area contributed by atoms with Gasteiger partial charge in [0.2, 0.25) is 35.4 Å². The second kappa shape index (κ2) is 23.0. The molecule has 0 saturated carbocycles. The molecule has 2 fully saturated rings. The molecule has 332 valence electrons. The monoisotopic (exact) mass is 825 g/mol. The van der Waals surface area contributed by atoms with Gasteiger partial charge in [0.25, 0.3) is 0 Å². The maximum absolute atomic E-state index is 14.7. The predicted octanol–water partition coefficient (Wildman–Crippen LogP) is 5.02. The molecule has 0 N–H and O–H groups in total. The van der Waals surface area contributed by atoms with Crippen molar-refractivity contribution in [1.29, 1.82) is 0 Å². The molecule has 59 heavy (non-hydrogen) atoms. The zero-order valence-corrected chi connectivity index (χ0v) is 38.7. The Kier molecular flexibility index (Phi) is 19.8. The standard InChI is InChI=1S/C46H76N6O7/c1-16-19-20-21-24-33(11)41(54)50(15)40(32(10)17-2)45(58)48(13)38(30(6)7)43(56)47(12)37(29(4)5)44(57)49(14)39(31(8)9)46(59)52-28-23-26-35(52)42(55)51-27-22-25-34(51)36(53)18-3/h1,24,29-32,34-35,37-40H,17-23,25-28H2,2-15H3/b33-24+/t32-,34-,35-,37-,38-,39-,40-/m0/s1. The van der Waals surface area contributed by atoms with E-state index in [1.54, 1.807) is 51.8 Å². The van der Waals surface area contributed by atoms with E-state index in [0.717, 1.165) is 12.8 Å². The molecule has 0 aromatic rings. The van der Waals surface area contributed by atoms with E-state index in [9.17, 15) is 33.6 Å². The average molecular weight is 825 g/mol. The average Bonchev–Trinajstić information content (AvgIpc) is 3.89. The summed E-state index contributed by atoms with van der Waals surface area (Å²) in [5.74, 6) is -0.706. The Morgan fingerprint density at radius 2 is 1.14 bits per heavy atom. The number of terminal acetylenes is 1. The quantitative estimate of drug-likeness (QED) is 0.0956. The number of hydrogen-bond acceptors (Lipinski definition) is 7. The molecule has 13 heteroatoms. The van der Waals surface area contributed by atoms with Crippen molar-refractivity contribution < 1.29 is 33.6 Å². The smallest absolute Gasteiger partial charge is 0.249 e. The van der Waals surface area contributed by atoms with E-state index in [4.69, 9.17) is 6.42 Å². The van der Waals surface area contributed by atoms with Gasteiger partial charge in [0, 0.05) is 59.7 Å². The first-order valence-corrected chi connectivity index (χ1v) is 21.9. The Morgan fingerprint density at radius 1 is 0.678 bits per heavy atom. The van der Waals surface area contributed by atoms with Crippen molar-refractivity contribution in [3.63, 3.8) is 0 Å². The van der Waals surface area contributed by atoms with Crippen LogP contribution in [0.5, 0.6) is 0 Å². The number of Topliss-reactive ketones (excluding diaryl/α,β-unsaturated/α-hetero) is 1. The molecular weight excluding hydrogens is 749 g/mol. The molecule has 0 radical (unpaired) electrons. The number of rotatable bonds is 20. The Hall–Kier alpha value is -4.21. The van der Waals surface area contributed by atoms with Crippen LogP contribution < -0.4 is 0 Å². The molecule has 0 aromatic carbocycles. The maximum atomic E-state index is 14.7. The first kappa shape index (κ1) is 50.9. The fraction of sp³-hybridized carbons (Fsp3) is 0.761. The summed E-state index contributed by atoms with van der Waals surface area (Å²) in [6.07, 6.45) is 12.6. The van der Waals surface area contributed by atoms with Crippen LogP contribution in [-0.4, -0.2) is 148 Å². The van der Waals surface area contributed by atoms with Crippen LogP contribution in [0, 0.1) is 36.0 Å². The molecule has 2 heterocycles. The fourth-order valence-corrected chi connectivity index (χ4v) is 9.01. The number of nitrogens with zero attached hydrogens (tertiary/aromatic N) is 6. The highest BCUT2D eigenvalue weighted by Crippen LogP contribution is 2.29. The zero-order valence-electron chi connectivity index (χ0n) is 38.7. The lowest BCUT2D eigenvalue weighted by Gasteiger charge is -2.42. The molecule has 2 aliphatic heterocycles. The number of ketones is 1. The molecule has 0 spiro atoms. The lowest BCUT2D eigenvalue weighted by Crippen LogP contribution is -2.62. The van der Waals surface area contributed by atoms with Crippen LogP contribution in [0.2, 0.25) is 0 Å². The number of likely N-dealkylation sites (N-methyl/N-ethyl adjacent to an activating group) is 4. The Balaban J connectivity index is 2.41. The van der Waals surface area contributed by atoms with Crippen LogP contribution in [0.25, 0.3) is 0 Å². The van der Waals surface area contributed by atoms with E-state index in [1.807, 2.05) is 61.5 Å². The topological polar surface area (TPSA) is 139 Å². The van der Waals surface area contributed by atoms with Gasteiger partial charge in [-0.1, -0.05) is 74.8 Å². The molecule has 13 nitrogen and oxygen atoms in total. The first-order valence-electron chi connectivity index (χ1n) is 21.9. The van der Waals surface area contributed by atoms with Gasteiger partial charge in [-0.2, -0.15) is 0 Å². The summed E-state index contributed by atoms with van der Waals surface area (Å²) in [5, 5.41) is 0. The number of carbonyl (C=O) groups is 7. The van der Waals surface area contributed by atoms with Gasteiger partial charge in [0.1, 0.15) is 30.2 Å². The van der Waals surface area contributed by atoms with Gasteiger partial charge in [-0.25, -0.2) is 0 Å². The summed E-state index contributed by atoms with van der Waals surface area (Å²) in [6.45, 7) is 19.3. The lowest BCUT2D eigenvalue weighted by molar-refractivity contribution is -0.158. The summed E-state index contributed by atoms with van der Waals surface area (Å²) in [5.41, 5.74) is 0.514. The van der Waals surface area contributed by atoms with Gasteiger partial charge in [-0.3, -0.25) is 33.6 Å². The van der Waals surface area contributed by atoms with E-state index in [-0.39, 0.29) is 53.1 Å². The highest BCUT2D eigenvalue weighted by atomic mass is 16.2. The van der Waals surface area contributed by atoms with E-state index >= 15 is 0 Å². The van der Waals surface area contributed by atoms with Crippen molar-refractivity contribution in [3.8, 4) is 12.3 Å². The third kappa shape index (κ3) is 12.0. The van der Waals surface area contributed by atoms with Gasteiger partial charge in [0.15, 0.2) is 5.78 Å². The molecule has 0 bridgehead atoms. The number of amides is 6. The number of likely N-dealkylation sites (tertiary alicyclic amines) is 2. The second-order valence-corrected chi connectivity index (χ2v) is 17.8. The maximum Gasteiger partial charge on any atom is 0.249 e. The number of allylic oxidation sites excluding steroid dienone is 1. The molecule has 6 amide bonds. The number of unbranched alkanes of at least 4 members (excludes halogenated alkanes) is 2. The third-order valence-electron chi connectivity index (χ3n) is 12.5. The summed E-state index contributed by atoms with van der Waals surface area (Å²) in [4.78, 5) is 107. The summed E-state index contributed by atoms with van der Waals surface area (Å²) >= 11 is 0. The Labute approximate surface area is 355 Å². The minimum atomic E-state index is -0.982. The van der Waals surface area contributed by atoms with Crippen molar-refractivity contribution in [1.82, 2.24) is 29.4 Å². The molecular formula is C46H76N6O7. The van der Waals surface area contributed by atoms with Gasteiger partial charge in [-0.15, -0.1) is 12.3 Å². The van der Waals surface area contributed by atoms with Crippen molar-refractivity contribution >= 4 is 41.2 Å². The summed E-state index contributed by atoms with van der Waals surface area (Å²) < 4.78 is 0. The van der Waals surface area contributed by atoms with Crippen molar-refractivity contribution in [3.05, 3.63) is 11.6 Å². The SMILES string of the molecule is C#CCCC/C=C(\C)C(=O)N(C)[C@H](C(=O)N(C)[C@H](C(=O)N(C)[C@H](C(=O)N(C)[C@H](C(=O)N1CCC[C@H]1C(=O)N1CCC[C@H]1C(=O)CC)C(C)C)C(C)C)C(C)C)[C@@H](C)CC. The fourth-order valence-electron chi connectivity index (χ4n) is 9.01. The van der Waals surface area contributed by atoms with Crippen molar-refractivity contribution in [2.75, 3.05) is 41.3 Å². The normalized spacial score (nSPS) is 19.6. The van der Waals surface area contributed by atoms with Gasteiger partial charge < -0.3 is 29.4 Å².